The fourth-order valence-corrected chi connectivity index (χ4v) is 8.84. The number of hydrogen-bond donors (Lipinski definition) is 0. The number of benzene rings is 9. The monoisotopic (exact) mass is 689 g/mol. The van der Waals surface area contributed by atoms with Gasteiger partial charge in [-0.2, -0.15) is 0 Å². The van der Waals surface area contributed by atoms with E-state index >= 15 is 0 Å². The van der Waals surface area contributed by atoms with Gasteiger partial charge in [0, 0.05) is 22.4 Å². The molecule has 0 saturated carbocycles. The quantitative estimate of drug-likeness (QED) is 0.157. The summed E-state index contributed by atoms with van der Waals surface area (Å²) < 4.78 is 0. The fourth-order valence-electron chi connectivity index (χ4n) is 8.84. The molecule has 9 aromatic carbocycles. The number of anilines is 3. The maximum Gasteiger partial charge on any atom is 0.0540 e. The van der Waals surface area contributed by atoms with E-state index in [4.69, 9.17) is 0 Å². The zero-order valence-electron chi connectivity index (χ0n) is 30.5. The Morgan fingerprint density at radius 3 is 1.69 bits per heavy atom. The van der Waals surface area contributed by atoms with E-state index in [0.29, 0.717) is 0 Å². The standard InChI is InChI=1S/C53H39N/c1-53(2)50-26-14-12-24-46(50)49-35-40(32-33-51(49)53)54(52-27-15-13-25-47(52)44-22-9-8-19-41(44)36-16-4-3-5-17-36)39-30-28-37(29-31-39)48-34-38-18-6-7-20-42(38)43-21-10-11-23-45(43)48/h3-35H,1-2H3. The minimum Gasteiger partial charge on any atom is -0.310 e. The predicted octanol–water partition coefficient (Wildman–Crippen LogP) is 14.8. The van der Waals surface area contributed by atoms with Gasteiger partial charge < -0.3 is 4.90 Å². The van der Waals surface area contributed by atoms with Crippen molar-refractivity contribution in [2.24, 2.45) is 0 Å². The summed E-state index contributed by atoms with van der Waals surface area (Å²) in [5, 5.41) is 5.09. The van der Waals surface area contributed by atoms with Crippen LogP contribution >= 0.6 is 0 Å². The molecule has 0 spiro atoms. The Morgan fingerprint density at radius 2 is 0.889 bits per heavy atom. The van der Waals surface area contributed by atoms with Crippen LogP contribution in [0.15, 0.2) is 200 Å². The molecule has 0 unspecified atom stereocenters. The number of rotatable bonds is 6. The van der Waals surface area contributed by atoms with Crippen LogP contribution in [0, 0.1) is 0 Å². The molecule has 0 N–H and O–H groups in total. The number of para-hydroxylation sites is 1. The summed E-state index contributed by atoms with van der Waals surface area (Å²) in [6, 6.07) is 73.4. The average molecular weight is 690 g/mol. The molecule has 1 aliphatic rings. The summed E-state index contributed by atoms with van der Waals surface area (Å²) in [4.78, 5) is 2.45. The number of nitrogens with zero attached hydrogens (tertiary/aromatic N) is 1. The molecule has 0 radical (unpaired) electrons. The molecule has 0 fully saturated rings. The molecular weight excluding hydrogens is 651 g/mol. The van der Waals surface area contributed by atoms with Gasteiger partial charge in [0.15, 0.2) is 0 Å². The molecule has 0 bridgehead atoms. The van der Waals surface area contributed by atoms with Gasteiger partial charge in [-0.1, -0.05) is 178 Å². The van der Waals surface area contributed by atoms with Crippen LogP contribution in [-0.4, -0.2) is 0 Å². The third-order valence-corrected chi connectivity index (χ3v) is 11.5. The molecule has 0 aliphatic heterocycles. The predicted molar refractivity (Wildman–Crippen MR) is 230 cm³/mol. The molecule has 0 aromatic heterocycles. The van der Waals surface area contributed by atoms with Gasteiger partial charge in [0.25, 0.3) is 0 Å². The van der Waals surface area contributed by atoms with Gasteiger partial charge in [-0.05, 0) is 108 Å². The van der Waals surface area contributed by atoms with E-state index in [1.165, 1.54) is 77.2 Å². The van der Waals surface area contributed by atoms with Crippen LogP contribution in [-0.2, 0) is 5.41 Å². The van der Waals surface area contributed by atoms with Gasteiger partial charge in [0.1, 0.15) is 0 Å². The van der Waals surface area contributed by atoms with E-state index in [0.717, 1.165) is 17.1 Å². The van der Waals surface area contributed by atoms with E-state index in [-0.39, 0.29) is 5.41 Å². The highest BCUT2D eigenvalue weighted by atomic mass is 15.1. The maximum atomic E-state index is 2.45. The molecule has 1 heteroatoms. The normalized spacial score (nSPS) is 12.8. The second kappa shape index (κ2) is 12.8. The minimum atomic E-state index is -0.0634. The lowest BCUT2D eigenvalue weighted by molar-refractivity contribution is 0.660. The molecule has 256 valence electrons. The SMILES string of the molecule is CC1(C)c2ccccc2-c2cc(N(c3ccc(-c4cc5ccccc5c5ccccc45)cc3)c3ccccc3-c3ccccc3-c3ccccc3)ccc21. The van der Waals surface area contributed by atoms with Gasteiger partial charge in [-0.15, -0.1) is 0 Å². The van der Waals surface area contributed by atoms with E-state index < -0.39 is 0 Å². The maximum absolute atomic E-state index is 2.45. The van der Waals surface area contributed by atoms with Crippen molar-refractivity contribution in [3.63, 3.8) is 0 Å². The van der Waals surface area contributed by atoms with Gasteiger partial charge in [0.05, 0.1) is 5.69 Å². The Hall–Kier alpha value is -6.70. The average Bonchev–Trinajstić information content (AvgIpc) is 3.47. The van der Waals surface area contributed by atoms with Crippen molar-refractivity contribution in [1.29, 1.82) is 0 Å². The Bertz CT molecular complexity index is 2850. The summed E-state index contributed by atoms with van der Waals surface area (Å²) in [7, 11) is 0. The van der Waals surface area contributed by atoms with E-state index in [2.05, 4.69) is 219 Å². The molecule has 10 rings (SSSR count). The second-order valence-corrected chi connectivity index (χ2v) is 14.9. The van der Waals surface area contributed by atoms with E-state index in [9.17, 15) is 0 Å². The fraction of sp³-hybridized carbons (Fsp3) is 0.0566. The second-order valence-electron chi connectivity index (χ2n) is 14.9. The number of fused-ring (bicyclic) bond motifs is 6. The third kappa shape index (κ3) is 5.16. The Balaban J connectivity index is 1.17. The lowest BCUT2D eigenvalue weighted by Gasteiger charge is -2.29. The molecule has 54 heavy (non-hydrogen) atoms. The van der Waals surface area contributed by atoms with Crippen LogP contribution in [0.5, 0.6) is 0 Å². The first kappa shape index (κ1) is 32.0. The van der Waals surface area contributed by atoms with Crippen LogP contribution in [0.25, 0.3) is 66.1 Å². The molecule has 1 nitrogen and oxygen atoms in total. The van der Waals surface area contributed by atoms with Gasteiger partial charge in [0.2, 0.25) is 0 Å². The summed E-state index contributed by atoms with van der Waals surface area (Å²) in [6.07, 6.45) is 0. The van der Waals surface area contributed by atoms with Crippen molar-refractivity contribution in [3.8, 4) is 44.5 Å². The van der Waals surface area contributed by atoms with Crippen LogP contribution < -0.4 is 4.90 Å². The zero-order valence-corrected chi connectivity index (χ0v) is 30.5. The van der Waals surface area contributed by atoms with Crippen molar-refractivity contribution in [3.05, 3.63) is 211 Å². The van der Waals surface area contributed by atoms with Crippen molar-refractivity contribution >= 4 is 38.6 Å². The first-order valence-electron chi connectivity index (χ1n) is 18.9. The molecule has 0 atom stereocenters. The Morgan fingerprint density at radius 1 is 0.333 bits per heavy atom. The minimum absolute atomic E-state index is 0.0634. The first-order chi connectivity index (χ1) is 26.6. The van der Waals surface area contributed by atoms with Crippen molar-refractivity contribution in [2.75, 3.05) is 4.90 Å². The van der Waals surface area contributed by atoms with Crippen LogP contribution in [0.1, 0.15) is 25.0 Å². The molecule has 0 amide bonds. The summed E-state index contributed by atoms with van der Waals surface area (Å²) in [5.74, 6) is 0. The third-order valence-electron chi connectivity index (χ3n) is 11.5. The summed E-state index contributed by atoms with van der Waals surface area (Å²) in [5.41, 5.74) is 16.0. The van der Waals surface area contributed by atoms with Crippen molar-refractivity contribution in [1.82, 2.24) is 0 Å². The number of hydrogen-bond acceptors (Lipinski definition) is 1. The largest absolute Gasteiger partial charge is 0.310 e. The van der Waals surface area contributed by atoms with E-state index in [1.807, 2.05) is 0 Å². The lowest BCUT2D eigenvalue weighted by atomic mass is 9.82. The van der Waals surface area contributed by atoms with Gasteiger partial charge in [-0.3, -0.25) is 0 Å². The highest BCUT2D eigenvalue weighted by Gasteiger charge is 2.35. The van der Waals surface area contributed by atoms with Crippen LogP contribution in [0.3, 0.4) is 0 Å². The highest BCUT2D eigenvalue weighted by molar-refractivity contribution is 6.13. The van der Waals surface area contributed by atoms with E-state index in [1.54, 1.807) is 0 Å². The molecular formula is C53H39N. The zero-order chi connectivity index (χ0) is 36.2. The van der Waals surface area contributed by atoms with Crippen LogP contribution in [0.2, 0.25) is 0 Å². The molecule has 1 aliphatic carbocycles. The smallest absolute Gasteiger partial charge is 0.0540 e. The summed E-state index contributed by atoms with van der Waals surface area (Å²) >= 11 is 0. The first-order valence-corrected chi connectivity index (χ1v) is 18.9. The summed E-state index contributed by atoms with van der Waals surface area (Å²) in [6.45, 7) is 4.69. The highest BCUT2D eigenvalue weighted by Crippen LogP contribution is 2.51. The Labute approximate surface area is 317 Å². The van der Waals surface area contributed by atoms with Crippen molar-refractivity contribution in [2.45, 2.75) is 19.3 Å². The molecule has 9 aromatic rings. The molecule has 0 heterocycles. The topological polar surface area (TPSA) is 3.24 Å². The van der Waals surface area contributed by atoms with Gasteiger partial charge >= 0.3 is 0 Å². The van der Waals surface area contributed by atoms with Crippen LogP contribution in [0.4, 0.5) is 17.1 Å². The molecule has 0 saturated heterocycles. The lowest BCUT2D eigenvalue weighted by Crippen LogP contribution is -2.15. The van der Waals surface area contributed by atoms with Crippen molar-refractivity contribution < 1.29 is 0 Å². The van der Waals surface area contributed by atoms with Gasteiger partial charge in [-0.25, -0.2) is 0 Å². The Kier molecular flexibility index (Phi) is 7.56.